The number of aromatic nitrogens is 1. The van der Waals surface area contributed by atoms with Gasteiger partial charge in [0, 0.05) is 11.6 Å². The van der Waals surface area contributed by atoms with Crippen LogP contribution in [0.2, 0.25) is 0 Å². The molecular weight excluding hydrogens is 386 g/mol. The van der Waals surface area contributed by atoms with E-state index < -0.39 is 0 Å². The summed E-state index contributed by atoms with van der Waals surface area (Å²) in [6.45, 7) is 6.68. The Hall–Kier alpha value is -2.54. The highest BCUT2D eigenvalue weighted by atomic mass is 32.1. The van der Waals surface area contributed by atoms with E-state index >= 15 is 0 Å². The highest BCUT2D eigenvalue weighted by molar-refractivity contribution is 7.17. The van der Waals surface area contributed by atoms with Gasteiger partial charge < -0.3 is 9.47 Å². The highest BCUT2D eigenvalue weighted by Gasteiger charge is 2.41. The van der Waals surface area contributed by atoms with Crippen molar-refractivity contribution >= 4 is 22.4 Å². The SMILES string of the molecule is CCOC(=O)c1sc(N2NC3=CCCC[C@H]3[C@@H]2c2ccc(OCC)cc2)nc1C. The Labute approximate surface area is 175 Å². The Kier molecular flexibility index (Phi) is 5.76. The van der Waals surface area contributed by atoms with Crippen LogP contribution in [-0.2, 0) is 4.74 Å². The van der Waals surface area contributed by atoms with E-state index in [2.05, 4.69) is 28.6 Å². The average Bonchev–Trinajstić information content (AvgIpc) is 3.30. The molecule has 154 valence electrons. The number of aryl methyl sites for hydroxylation is 1. The Bertz CT molecular complexity index is 907. The molecule has 1 aromatic heterocycles. The molecule has 1 aliphatic heterocycles. The van der Waals surface area contributed by atoms with Gasteiger partial charge in [-0.25, -0.2) is 9.78 Å². The monoisotopic (exact) mass is 413 g/mol. The number of allylic oxidation sites excluding steroid dienone is 1. The number of carbonyl (C=O) groups is 1. The maximum atomic E-state index is 12.3. The molecule has 0 bridgehead atoms. The first kappa shape index (κ1) is 19.8. The number of esters is 1. The van der Waals surface area contributed by atoms with Crippen LogP contribution >= 0.6 is 11.3 Å². The average molecular weight is 414 g/mol. The van der Waals surface area contributed by atoms with Crippen LogP contribution in [0.3, 0.4) is 0 Å². The molecule has 2 aromatic rings. The first-order chi connectivity index (χ1) is 14.1. The van der Waals surface area contributed by atoms with Crippen molar-refractivity contribution in [2.24, 2.45) is 5.92 Å². The normalized spacial score (nSPS) is 20.7. The Balaban J connectivity index is 1.69. The van der Waals surface area contributed by atoms with Gasteiger partial charge in [-0.05, 0) is 57.7 Å². The number of ether oxygens (including phenoxy) is 2. The van der Waals surface area contributed by atoms with Gasteiger partial charge in [0.05, 0.1) is 24.9 Å². The molecule has 7 heteroatoms. The van der Waals surface area contributed by atoms with E-state index in [1.807, 2.05) is 32.9 Å². The van der Waals surface area contributed by atoms with Gasteiger partial charge in [0.2, 0.25) is 5.13 Å². The zero-order valence-corrected chi connectivity index (χ0v) is 17.9. The molecule has 2 aliphatic rings. The van der Waals surface area contributed by atoms with Crippen LogP contribution in [0.15, 0.2) is 36.0 Å². The van der Waals surface area contributed by atoms with Crippen LogP contribution in [0.4, 0.5) is 5.13 Å². The van der Waals surface area contributed by atoms with Crippen LogP contribution in [-0.4, -0.2) is 24.2 Å². The van der Waals surface area contributed by atoms with E-state index in [1.54, 1.807) is 0 Å². The zero-order valence-electron chi connectivity index (χ0n) is 17.1. The van der Waals surface area contributed by atoms with E-state index in [0.717, 1.165) is 23.7 Å². The number of hydrogen-bond acceptors (Lipinski definition) is 7. The summed E-state index contributed by atoms with van der Waals surface area (Å²) in [7, 11) is 0. The summed E-state index contributed by atoms with van der Waals surface area (Å²) in [5.41, 5.74) is 6.74. The topological polar surface area (TPSA) is 63.7 Å². The number of nitrogens with one attached hydrogen (secondary N) is 1. The zero-order chi connectivity index (χ0) is 20.4. The number of hydrazine groups is 1. The van der Waals surface area contributed by atoms with Gasteiger partial charge in [-0.3, -0.25) is 10.4 Å². The number of thiazole rings is 1. The van der Waals surface area contributed by atoms with Gasteiger partial charge in [0.1, 0.15) is 10.6 Å². The third kappa shape index (κ3) is 3.83. The van der Waals surface area contributed by atoms with Crippen molar-refractivity contribution in [1.82, 2.24) is 10.4 Å². The Morgan fingerprint density at radius 2 is 2.07 bits per heavy atom. The standard InChI is InChI=1S/C22H27N3O3S/c1-4-27-16-12-10-15(11-13-16)19-17-8-6-7-9-18(17)24-25(19)22-23-14(3)20(29-22)21(26)28-5-2/h9-13,17,19,24H,4-8H2,1-3H3/t17-,19+/m1/s1. The van der Waals surface area contributed by atoms with Gasteiger partial charge in [0.25, 0.3) is 0 Å². The molecule has 1 saturated heterocycles. The van der Waals surface area contributed by atoms with Crippen molar-refractivity contribution in [2.75, 3.05) is 18.2 Å². The number of carbonyl (C=O) groups excluding carboxylic acids is 1. The molecule has 0 spiro atoms. The lowest BCUT2D eigenvalue weighted by Gasteiger charge is -2.27. The van der Waals surface area contributed by atoms with Gasteiger partial charge in [0.15, 0.2) is 0 Å². The summed E-state index contributed by atoms with van der Waals surface area (Å²) >= 11 is 1.39. The van der Waals surface area contributed by atoms with Crippen LogP contribution in [0, 0.1) is 12.8 Å². The third-order valence-electron chi connectivity index (χ3n) is 5.38. The molecule has 2 heterocycles. The van der Waals surface area contributed by atoms with Crippen molar-refractivity contribution in [3.8, 4) is 5.75 Å². The van der Waals surface area contributed by atoms with E-state index in [1.165, 1.54) is 29.0 Å². The van der Waals surface area contributed by atoms with Crippen molar-refractivity contribution in [3.05, 3.63) is 52.2 Å². The minimum Gasteiger partial charge on any atom is -0.494 e. The first-order valence-electron chi connectivity index (χ1n) is 10.3. The third-order valence-corrected chi connectivity index (χ3v) is 6.51. The lowest BCUT2D eigenvalue weighted by Crippen LogP contribution is -2.32. The van der Waals surface area contributed by atoms with Gasteiger partial charge in [-0.15, -0.1) is 0 Å². The number of hydrogen-bond donors (Lipinski definition) is 1. The number of fused-ring (bicyclic) bond motifs is 1. The van der Waals surface area contributed by atoms with E-state index in [0.29, 0.717) is 29.7 Å². The van der Waals surface area contributed by atoms with Crippen LogP contribution in [0.25, 0.3) is 0 Å². The molecule has 2 atom stereocenters. The number of nitrogens with zero attached hydrogens (tertiary/aromatic N) is 2. The highest BCUT2D eigenvalue weighted by Crippen LogP contribution is 2.46. The van der Waals surface area contributed by atoms with Crippen molar-refractivity contribution in [2.45, 2.75) is 46.1 Å². The maximum Gasteiger partial charge on any atom is 0.350 e. The fourth-order valence-electron chi connectivity index (χ4n) is 4.09. The van der Waals surface area contributed by atoms with Gasteiger partial charge >= 0.3 is 5.97 Å². The molecule has 6 nitrogen and oxygen atoms in total. The number of anilines is 1. The van der Waals surface area contributed by atoms with Gasteiger partial charge in [-0.2, -0.15) is 0 Å². The predicted octanol–water partition coefficient (Wildman–Crippen LogP) is 4.78. The van der Waals surface area contributed by atoms with Crippen LogP contribution in [0.5, 0.6) is 5.75 Å². The lowest BCUT2D eigenvalue weighted by molar-refractivity contribution is 0.0531. The quantitative estimate of drug-likeness (QED) is 0.688. The van der Waals surface area contributed by atoms with Gasteiger partial charge in [-0.1, -0.05) is 29.5 Å². The molecule has 4 rings (SSSR count). The molecular formula is C22H27N3O3S. The minimum absolute atomic E-state index is 0.123. The van der Waals surface area contributed by atoms with Crippen molar-refractivity contribution in [1.29, 1.82) is 0 Å². The Morgan fingerprint density at radius 1 is 1.28 bits per heavy atom. The second kappa shape index (κ2) is 8.45. The second-order valence-corrected chi connectivity index (χ2v) is 8.23. The molecule has 0 saturated carbocycles. The largest absolute Gasteiger partial charge is 0.494 e. The van der Waals surface area contributed by atoms with Crippen LogP contribution in [0.1, 0.15) is 60.1 Å². The summed E-state index contributed by atoms with van der Waals surface area (Å²) in [5.74, 6) is 0.960. The number of benzene rings is 1. The molecule has 0 radical (unpaired) electrons. The number of rotatable bonds is 6. The summed E-state index contributed by atoms with van der Waals surface area (Å²) in [4.78, 5) is 17.6. The maximum absolute atomic E-state index is 12.3. The van der Waals surface area contributed by atoms with Crippen LogP contribution < -0.4 is 15.2 Å². The second-order valence-electron chi connectivity index (χ2n) is 7.26. The fraction of sp³-hybridized carbons (Fsp3) is 0.455. The molecule has 0 unspecified atom stereocenters. The summed E-state index contributed by atoms with van der Waals surface area (Å²) in [6, 6.07) is 8.44. The molecule has 1 aromatic carbocycles. The molecule has 1 aliphatic carbocycles. The minimum atomic E-state index is -0.304. The first-order valence-corrected chi connectivity index (χ1v) is 11.1. The van der Waals surface area contributed by atoms with E-state index in [4.69, 9.17) is 14.5 Å². The van der Waals surface area contributed by atoms with Crippen molar-refractivity contribution < 1.29 is 14.3 Å². The van der Waals surface area contributed by atoms with E-state index in [-0.39, 0.29) is 12.0 Å². The summed E-state index contributed by atoms with van der Waals surface area (Å²) < 4.78 is 10.8. The molecule has 0 amide bonds. The smallest absolute Gasteiger partial charge is 0.350 e. The predicted molar refractivity (Wildman–Crippen MR) is 114 cm³/mol. The molecule has 29 heavy (non-hydrogen) atoms. The molecule has 1 fully saturated rings. The lowest BCUT2D eigenvalue weighted by atomic mass is 9.84. The van der Waals surface area contributed by atoms with Crippen molar-refractivity contribution in [3.63, 3.8) is 0 Å². The fourth-order valence-corrected chi connectivity index (χ4v) is 5.05. The van der Waals surface area contributed by atoms with E-state index in [9.17, 15) is 4.79 Å². The Morgan fingerprint density at radius 3 is 2.79 bits per heavy atom. The summed E-state index contributed by atoms with van der Waals surface area (Å²) in [6.07, 6.45) is 5.70. The summed E-state index contributed by atoms with van der Waals surface area (Å²) in [5, 5.41) is 2.91. The molecule has 1 N–H and O–H groups in total.